The number of hydrogen-bond donors (Lipinski definition) is 7. The number of urea groups is 1. The molecule has 1 unspecified atom stereocenters. The van der Waals surface area contributed by atoms with Gasteiger partial charge in [-0.2, -0.15) is 0 Å². The molecule has 0 saturated carbocycles. The molecule has 7 N–H and O–H groups in total. The Labute approximate surface area is 300 Å². The number of rotatable bonds is 22. The zero-order chi connectivity index (χ0) is 38.8. The lowest BCUT2D eigenvalue weighted by molar-refractivity contribution is -0.144. The molecule has 19 heteroatoms. The van der Waals surface area contributed by atoms with Gasteiger partial charge in [0.15, 0.2) is 0 Å². The van der Waals surface area contributed by atoms with E-state index in [4.69, 9.17) is 10.2 Å². The predicted octanol–water partition coefficient (Wildman–Crippen LogP) is 0.222. The molecule has 288 valence electrons. The second-order valence-electron chi connectivity index (χ2n) is 12.6. The van der Waals surface area contributed by atoms with E-state index in [2.05, 4.69) is 20.1 Å². The first-order valence-electron chi connectivity index (χ1n) is 16.9. The second-order valence-corrected chi connectivity index (χ2v) is 12.6. The molecule has 2 heterocycles. The van der Waals surface area contributed by atoms with Crippen LogP contribution in [0.25, 0.3) is 0 Å². The number of hydrogen-bond acceptors (Lipinski definition) is 12. The number of aromatic nitrogens is 1. The van der Waals surface area contributed by atoms with Gasteiger partial charge >= 0.3 is 35.9 Å². The molecule has 1 aliphatic rings. The standard InChI is InChI=1S/C33H48N6O13/c1-37-14-16-38(20-21-4-2-7-24(34-21)29(44)45)17-19-39(18-15-37)27(32(50)51)12-9-23(41)6-3-5-22(40)8-10-25(30(46)47)35-33(52)36-26(31(48)49)11-13-28(42)43/h2,4,7,25-27H,3,5-6,8-20H2,1H3,(H,42,43)(H,44,45)(H,46,47)(H,48,49)(H,50,51)(H2,35,36,52)/t25-,26-,27?/m0/s1. The first kappa shape index (κ1) is 43.2. The van der Waals surface area contributed by atoms with E-state index in [1.807, 2.05) is 17.3 Å². The summed E-state index contributed by atoms with van der Waals surface area (Å²) in [7, 11) is 1.92. The van der Waals surface area contributed by atoms with Crippen LogP contribution in [-0.2, 0) is 35.3 Å². The number of carboxylic acid groups (broad SMARTS) is 5. The van der Waals surface area contributed by atoms with Gasteiger partial charge in [-0.05, 0) is 44.9 Å². The Bertz CT molecular complexity index is 1440. The van der Waals surface area contributed by atoms with E-state index in [0.29, 0.717) is 51.5 Å². The van der Waals surface area contributed by atoms with Crippen molar-refractivity contribution in [3.63, 3.8) is 0 Å². The summed E-state index contributed by atoms with van der Waals surface area (Å²) in [5.41, 5.74) is 0.517. The molecule has 1 fully saturated rings. The molecular weight excluding hydrogens is 688 g/mol. The van der Waals surface area contributed by atoms with Crippen molar-refractivity contribution in [2.75, 3.05) is 46.3 Å². The molecule has 3 atom stereocenters. The quantitative estimate of drug-likeness (QED) is 0.0838. The third-order valence-corrected chi connectivity index (χ3v) is 8.58. The Balaban J connectivity index is 1.84. The van der Waals surface area contributed by atoms with Crippen molar-refractivity contribution in [1.82, 2.24) is 30.3 Å². The van der Waals surface area contributed by atoms with Gasteiger partial charge in [0, 0.05) is 77.9 Å². The van der Waals surface area contributed by atoms with Gasteiger partial charge in [0.2, 0.25) is 0 Å². The third kappa shape index (κ3) is 16.3. The fourth-order valence-corrected chi connectivity index (χ4v) is 5.54. The first-order valence-corrected chi connectivity index (χ1v) is 16.9. The van der Waals surface area contributed by atoms with Crippen LogP contribution in [0.1, 0.15) is 74.0 Å². The number of aliphatic carboxylic acids is 4. The summed E-state index contributed by atoms with van der Waals surface area (Å²) < 4.78 is 0. The Morgan fingerprint density at radius 2 is 1.23 bits per heavy atom. The van der Waals surface area contributed by atoms with Crippen LogP contribution in [0.4, 0.5) is 4.79 Å². The van der Waals surface area contributed by atoms with Gasteiger partial charge < -0.3 is 41.1 Å². The number of amides is 2. The van der Waals surface area contributed by atoms with E-state index in [9.17, 15) is 53.7 Å². The third-order valence-electron chi connectivity index (χ3n) is 8.58. The smallest absolute Gasteiger partial charge is 0.354 e. The largest absolute Gasteiger partial charge is 0.481 e. The van der Waals surface area contributed by atoms with Crippen LogP contribution in [-0.4, -0.2) is 157 Å². The van der Waals surface area contributed by atoms with Gasteiger partial charge in [0.25, 0.3) is 0 Å². The summed E-state index contributed by atoms with van der Waals surface area (Å²) >= 11 is 0. The van der Waals surface area contributed by atoms with Crippen LogP contribution in [0.3, 0.4) is 0 Å². The molecule has 0 bridgehead atoms. The molecule has 1 aromatic heterocycles. The number of carboxylic acids is 5. The molecular formula is C33H48N6O13. The fraction of sp³-hybridized carbons (Fsp3) is 0.606. The van der Waals surface area contributed by atoms with E-state index < -0.39 is 66.8 Å². The van der Waals surface area contributed by atoms with E-state index in [-0.39, 0.29) is 62.2 Å². The lowest BCUT2D eigenvalue weighted by Gasteiger charge is -2.30. The normalized spacial score (nSPS) is 16.2. The summed E-state index contributed by atoms with van der Waals surface area (Å²) in [6, 6.07) is -0.420. The molecule has 0 aromatic carbocycles. The lowest BCUT2D eigenvalue weighted by Crippen LogP contribution is -2.51. The minimum Gasteiger partial charge on any atom is -0.481 e. The average molecular weight is 737 g/mol. The SMILES string of the molecule is CN1CCN(Cc2cccc(C(=O)O)n2)CCN(C(CCC(=O)CCCC(=O)CC[C@H](NC(=O)N[C@@H](CCC(=O)O)C(=O)O)C(=O)O)C(=O)O)CC1. The maximum absolute atomic E-state index is 12.7. The zero-order valence-corrected chi connectivity index (χ0v) is 29.1. The highest BCUT2D eigenvalue weighted by molar-refractivity contribution is 5.87. The molecule has 0 aliphatic carbocycles. The van der Waals surface area contributed by atoms with Crippen LogP contribution in [0.2, 0.25) is 0 Å². The number of Topliss-reactive ketones (excluding diaryl/α,β-unsaturated/α-hetero) is 2. The van der Waals surface area contributed by atoms with Crippen LogP contribution in [0.15, 0.2) is 18.2 Å². The van der Waals surface area contributed by atoms with Gasteiger partial charge in [0.05, 0.1) is 5.69 Å². The van der Waals surface area contributed by atoms with E-state index in [0.717, 1.165) is 0 Å². The van der Waals surface area contributed by atoms with Crippen molar-refractivity contribution in [1.29, 1.82) is 0 Å². The molecule has 1 saturated heterocycles. The minimum absolute atomic E-state index is 0.00688. The molecule has 0 radical (unpaired) electrons. The molecule has 1 aliphatic heterocycles. The molecule has 2 rings (SSSR count). The van der Waals surface area contributed by atoms with Crippen molar-refractivity contribution >= 4 is 47.4 Å². The topological polar surface area (TPSA) is 284 Å². The molecule has 19 nitrogen and oxygen atoms in total. The van der Waals surface area contributed by atoms with Crippen LogP contribution in [0, 0.1) is 0 Å². The Morgan fingerprint density at radius 1 is 0.692 bits per heavy atom. The van der Waals surface area contributed by atoms with Crippen LogP contribution >= 0.6 is 0 Å². The Hall–Kier alpha value is -5.01. The summed E-state index contributed by atoms with van der Waals surface area (Å²) in [6.07, 6.45) is -1.39. The molecule has 2 amide bonds. The summed E-state index contributed by atoms with van der Waals surface area (Å²) in [5.74, 6) is -7.05. The number of carbonyl (C=O) groups is 8. The maximum Gasteiger partial charge on any atom is 0.354 e. The Kier molecular flexibility index (Phi) is 18.3. The number of likely N-dealkylation sites (N-methyl/N-ethyl adjacent to an activating group) is 1. The van der Waals surface area contributed by atoms with E-state index in [1.165, 1.54) is 6.07 Å². The summed E-state index contributed by atoms with van der Waals surface area (Å²) in [6.45, 7) is 3.67. The molecule has 0 spiro atoms. The second kappa shape index (κ2) is 22.0. The number of nitrogens with one attached hydrogen (secondary N) is 2. The summed E-state index contributed by atoms with van der Waals surface area (Å²) in [5, 5.41) is 50.7. The number of aromatic carboxylic acids is 1. The van der Waals surface area contributed by atoms with Gasteiger partial charge in [-0.15, -0.1) is 0 Å². The minimum atomic E-state index is -1.57. The highest BCUT2D eigenvalue weighted by Gasteiger charge is 2.28. The van der Waals surface area contributed by atoms with Crippen molar-refractivity contribution in [3.05, 3.63) is 29.6 Å². The molecule has 1 aromatic rings. The highest BCUT2D eigenvalue weighted by Crippen LogP contribution is 2.14. The number of pyridine rings is 1. The number of carbonyl (C=O) groups excluding carboxylic acids is 3. The van der Waals surface area contributed by atoms with E-state index in [1.54, 1.807) is 12.1 Å². The Morgan fingerprint density at radius 3 is 1.79 bits per heavy atom. The van der Waals surface area contributed by atoms with Crippen LogP contribution < -0.4 is 10.6 Å². The molecule has 52 heavy (non-hydrogen) atoms. The highest BCUT2D eigenvalue weighted by atomic mass is 16.4. The van der Waals surface area contributed by atoms with Gasteiger partial charge in [-0.1, -0.05) is 6.07 Å². The fourth-order valence-electron chi connectivity index (χ4n) is 5.54. The van der Waals surface area contributed by atoms with Crippen molar-refractivity contribution in [3.8, 4) is 0 Å². The van der Waals surface area contributed by atoms with Crippen molar-refractivity contribution < 1.29 is 63.9 Å². The number of nitrogens with zero attached hydrogens (tertiary/aromatic N) is 4. The maximum atomic E-state index is 12.7. The first-order chi connectivity index (χ1) is 24.5. The monoisotopic (exact) mass is 736 g/mol. The zero-order valence-electron chi connectivity index (χ0n) is 29.1. The predicted molar refractivity (Wildman–Crippen MR) is 181 cm³/mol. The van der Waals surface area contributed by atoms with Gasteiger partial charge in [-0.3, -0.25) is 29.0 Å². The average Bonchev–Trinajstić information content (AvgIpc) is 3.15. The summed E-state index contributed by atoms with van der Waals surface area (Å²) in [4.78, 5) is 105. The number of ketones is 2. The van der Waals surface area contributed by atoms with Crippen molar-refractivity contribution in [2.24, 2.45) is 0 Å². The van der Waals surface area contributed by atoms with Gasteiger partial charge in [-0.25, -0.2) is 24.2 Å². The van der Waals surface area contributed by atoms with E-state index >= 15 is 0 Å². The lowest BCUT2D eigenvalue weighted by atomic mass is 10.0. The van der Waals surface area contributed by atoms with Crippen molar-refractivity contribution in [2.45, 2.75) is 82.5 Å². The van der Waals surface area contributed by atoms with Gasteiger partial charge in [0.1, 0.15) is 35.4 Å². The van der Waals surface area contributed by atoms with Crippen LogP contribution in [0.5, 0.6) is 0 Å².